The van der Waals surface area contributed by atoms with Crippen LogP contribution in [0.2, 0.25) is 0 Å². The molecule has 2 amide bonds. The predicted molar refractivity (Wildman–Crippen MR) is 101 cm³/mol. The van der Waals surface area contributed by atoms with Gasteiger partial charge in [0, 0.05) is 5.56 Å². The Labute approximate surface area is 171 Å². The van der Waals surface area contributed by atoms with Crippen molar-refractivity contribution in [3.8, 4) is 0 Å². The average molecular weight is 416 g/mol. The SMILES string of the molecule is O=C1c2ccccc2C(=O)N1[C@@H]1[C@@H](O)[C@@H]2O[C@H](c3ccccc3)OC[C@H]2O[C@H]1Cl. The van der Waals surface area contributed by atoms with Crippen LogP contribution >= 0.6 is 11.6 Å². The Balaban J connectivity index is 1.43. The van der Waals surface area contributed by atoms with E-state index >= 15 is 0 Å². The molecule has 2 fully saturated rings. The Bertz CT molecular complexity index is 918. The predicted octanol–water partition coefficient (Wildman–Crippen LogP) is 2.09. The zero-order valence-corrected chi connectivity index (χ0v) is 15.9. The normalized spacial score (nSPS) is 34.1. The van der Waals surface area contributed by atoms with Crippen molar-refractivity contribution in [3.63, 3.8) is 0 Å². The molecule has 1 N–H and O–H groups in total. The van der Waals surface area contributed by atoms with Crippen LogP contribution in [-0.4, -0.2) is 58.3 Å². The zero-order valence-electron chi connectivity index (χ0n) is 15.2. The Morgan fingerprint density at radius 1 is 0.931 bits per heavy atom. The van der Waals surface area contributed by atoms with E-state index in [9.17, 15) is 14.7 Å². The van der Waals surface area contributed by atoms with Gasteiger partial charge in [0.25, 0.3) is 11.8 Å². The Hall–Kier alpha value is -2.29. The van der Waals surface area contributed by atoms with Gasteiger partial charge in [-0.05, 0) is 12.1 Å². The summed E-state index contributed by atoms with van der Waals surface area (Å²) in [6.07, 6.45) is -3.34. The number of hydrogen-bond donors (Lipinski definition) is 1. The van der Waals surface area contributed by atoms with Gasteiger partial charge in [-0.3, -0.25) is 14.5 Å². The summed E-state index contributed by atoms with van der Waals surface area (Å²) in [5.41, 5.74) is 0.272. The van der Waals surface area contributed by atoms with Crippen LogP contribution in [0, 0.1) is 0 Å². The Morgan fingerprint density at radius 2 is 1.55 bits per heavy atom. The van der Waals surface area contributed by atoms with E-state index in [0.717, 1.165) is 10.5 Å². The lowest BCUT2D eigenvalue weighted by atomic mass is 9.95. The van der Waals surface area contributed by atoms with Crippen molar-refractivity contribution in [1.82, 2.24) is 4.90 Å². The Kier molecular flexibility index (Phi) is 4.64. The third kappa shape index (κ3) is 2.97. The summed E-state index contributed by atoms with van der Waals surface area (Å²) in [6.45, 7) is 0.166. The van der Waals surface area contributed by atoms with Crippen LogP contribution in [0.15, 0.2) is 54.6 Å². The highest BCUT2D eigenvalue weighted by Gasteiger charge is 2.54. The number of rotatable bonds is 2. The second-order valence-electron chi connectivity index (χ2n) is 7.21. The number of carbonyl (C=O) groups excluding carboxylic acids is 2. The third-order valence-electron chi connectivity index (χ3n) is 5.51. The van der Waals surface area contributed by atoms with Crippen molar-refractivity contribution in [2.24, 2.45) is 0 Å². The van der Waals surface area contributed by atoms with Crippen LogP contribution in [0.5, 0.6) is 0 Å². The lowest BCUT2D eigenvalue weighted by Gasteiger charge is -2.48. The van der Waals surface area contributed by atoms with E-state index in [2.05, 4.69) is 0 Å². The number of fused-ring (bicyclic) bond motifs is 2. The van der Waals surface area contributed by atoms with E-state index in [1.54, 1.807) is 24.3 Å². The standard InChI is InChI=1S/C21H18ClNO6/c22-18-15(23-19(25)12-8-4-5-9-13(12)20(23)26)16(24)17-14(28-18)10-27-21(29-17)11-6-2-1-3-7-11/h1-9,14-18,21,24H,10H2/t14-,15-,16-,17-,18-,21-/m1/s1. The van der Waals surface area contributed by atoms with E-state index < -0.39 is 48.0 Å². The zero-order chi connectivity index (χ0) is 20.1. The van der Waals surface area contributed by atoms with Gasteiger partial charge in [-0.15, -0.1) is 0 Å². The summed E-state index contributed by atoms with van der Waals surface area (Å²) in [5.74, 6) is -1.01. The first kappa shape index (κ1) is 18.7. The first-order valence-corrected chi connectivity index (χ1v) is 9.76. The first-order chi connectivity index (χ1) is 14.1. The minimum absolute atomic E-state index is 0.166. The highest BCUT2D eigenvalue weighted by molar-refractivity contribution is 6.24. The number of amides is 2. The fourth-order valence-electron chi connectivity index (χ4n) is 4.09. The minimum atomic E-state index is -1.23. The number of aliphatic hydroxyl groups is 1. The van der Waals surface area contributed by atoms with Crippen molar-refractivity contribution in [1.29, 1.82) is 0 Å². The molecule has 0 spiro atoms. The van der Waals surface area contributed by atoms with Gasteiger partial charge in [0.2, 0.25) is 0 Å². The number of aliphatic hydroxyl groups excluding tert-OH is 1. The monoisotopic (exact) mass is 415 g/mol. The molecule has 0 radical (unpaired) electrons. The van der Waals surface area contributed by atoms with Crippen molar-refractivity contribution in [3.05, 3.63) is 71.3 Å². The largest absolute Gasteiger partial charge is 0.388 e. The van der Waals surface area contributed by atoms with E-state index in [4.69, 9.17) is 25.8 Å². The molecule has 0 saturated carbocycles. The van der Waals surface area contributed by atoms with Gasteiger partial charge in [0.1, 0.15) is 24.4 Å². The molecule has 2 saturated heterocycles. The third-order valence-corrected chi connectivity index (χ3v) is 5.88. The van der Waals surface area contributed by atoms with Crippen molar-refractivity contribution in [2.75, 3.05) is 6.61 Å². The molecule has 3 aliphatic heterocycles. The maximum atomic E-state index is 12.9. The van der Waals surface area contributed by atoms with Crippen LogP contribution in [0.3, 0.4) is 0 Å². The molecular weight excluding hydrogens is 398 g/mol. The summed E-state index contributed by atoms with van der Waals surface area (Å²) < 4.78 is 17.5. The van der Waals surface area contributed by atoms with Crippen LogP contribution in [0.4, 0.5) is 0 Å². The maximum absolute atomic E-state index is 12.9. The quantitative estimate of drug-likeness (QED) is 0.597. The highest BCUT2D eigenvalue weighted by atomic mass is 35.5. The summed E-state index contributed by atoms with van der Waals surface area (Å²) in [7, 11) is 0. The number of hydrogen-bond acceptors (Lipinski definition) is 6. The number of carbonyl (C=O) groups is 2. The fraction of sp³-hybridized carbons (Fsp3) is 0.333. The van der Waals surface area contributed by atoms with E-state index in [1.807, 2.05) is 30.3 Å². The Morgan fingerprint density at radius 3 is 2.21 bits per heavy atom. The number of halogens is 1. The van der Waals surface area contributed by atoms with E-state index in [1.165, 1.54) is 0 Å². The molecule has 0 aromatic heterocycles. The fourth-order valence-corrected chi connectivity index (χ4v) is 4.49. The highest BCUT2D eigenvalue weighted by Crippen LogP contribution is 2.38. The van der Waals surface area contributed by atoms with Crippen molar-refractivity contribution < 1.29 is 28.9 Å². The average Bonchev–Trinajstić information content (AvgIpc) is 3.00. The summed E-state index contributed by atoms with van der Waals surface area (Å²) in [4.78, 5) is 26.7. The molecule has 2 aromatic rings. The molecule has 3 heterocycles. The lowest BCUT2D eigenvalue weighted by Crippen LogP contribution is -2.65. The number of benzene rings is 2. The number of nitrogens with zero attached hydrogens (tertiary/aromatic N) is 1. The molecule has 150 valence electrons. The molecule has 5 rings (SSSR count). The maximum Gasteiger partial charge on any atom is 0.262 e. The van der Waals surface area contributed by atoms with Crippen LogP contribution in [0.25, 0.3) is 0 Å². The summed E-state index contributed by atoms with van der Waals surface area (Å²) in [6, 6.07) is 14.7. The smallest absolute Gasteiger partial charge is 0.262 e. The molecule has 29 heavy (non-hydrogen) atoms. The van der Waals surface area contributed by atoms with Gasteiger partial charge in [0.05, 0.1) is 17.7 Å². The van der Waals surface area contributed by atoms with Crippen molar-refractivity contribution in [2.45, 2.75) is 36.2 Å². The molecular formula is C21H18ClNO6. The van der Waals surface area contributed by atoms with Crippen LogP contribution in [-0.2, 0) is 14.2 Å². The van der Waals surface area contributed by atoms with Gasteiger partial charge in [-0.1, -0.05) is 54.1 Å². The topological polar surface area (TPSA) is 85.3 Å². The van der Waals surface area contributed by atoms with Gasteiger partial charge in [-0.2, -0.15) is 0 Å². The van der Waals surface area contributed by atoms with Gasteiger partial charge < -0.3 is 19.3 Å². The number of ether oxygens (including phenoxy) is 3. The molecule has 0 bridgehead atoms. The number of imide groups is 1. The minimum Gasteiger partial charge on any atom is -0.388 e. The lowest BCUT2D eigenvalue weighted by molar-refractivity contribution is -0.310. The second kappa shape index (κ2) is 7.19. The summed E-state index contributed by atoms with van der Waals surface area (Å²) in [5, 5.41) is 11.1. The molecule has 7 nitrogen and oxygen atoms in total. The molecule has 2 aromatic carbocycles. The number of alkyl halides is 1. The summed E-state index contributed by atoms with van der Waals surface area (Å²) >= 11 is 6.36. The molecule has 3 aliphatic rings. The molecule has 6 atom stereocenters. The van der Waals surface area contributed by atoms with Crippen LogP contribution < -0.4 is 0 Å². The second-order valence-corrected chi connectivity index (χ2v) is 7.64. The van der Waals surface area contributed by atoms with E-state index in [0.29, 0.717) is 0 Å². The van der Waals surface area contributed by atoms with Gasteiger partial charge >= 0.3 is 0 Å². The molecule has 8 heteroatoms. The molecule has 0 aliphatic carbocycles. The van der Waals surface area contributed by atoms with E-state index in [-0.39, 0.29) is 17.7 Å². The molecule has 0 unspecified atom stereocenters. The van der Waals surface area contributed by atoms with Gasteiger partial charge in [0.15, 0.2) is 11.9 Å². The first-order valence-electron chi connectivity index (χ1n) is 9.33. The van der Waals surface area contributed by atoms with Gasteiger partial charge in [-0.25, -0.2) is 0 Å². The van der Waals surface area contributed by atoms with Crippen molar-refractivity contribution >= 4 is 23.4 Å². The van der Waals surface area contributed by atoms with Crippen LogP contribution in [0.1, 0.15) is 32.6 Å².